The van der Waals surface area contributed by atoms with Gasteiger partial charge in [-0.25, -0.2) is 0 Å². The first-order chi connectivity index (χ1) is 7.59. The maximum Gasteiger partial charge on any atom is 0.573 e. The molecule has 2 N–H and O–H groups in total. The van der Waals surface area contributed by atoms with E-state index in [2.05, 4.69) is 4.74 Å². The van der Waals surface area contributed by atoms with E-state index >= 15 is 0 Å². The van der Waals surface area contributed by atoms with Crippen molar-refractivity contribution < 1.29 is 36.0 Å². The summed E-state index contributed by atoms with van der Waals surface area (Å²) in [4.78, 5) is 0. The van der Waals surface area contributed by atoms with E-state index in [9.17, 15) is 21.6 Å². The molecule has 5 nitrogen and oxygen atoms in total. The molecule has 1 atom stereocenters. The van der Waals surface area contributed by atoms with E-state index in [1.165, 1.54) is 0 Å². The highest BCUT2D eigenvalue weighted by atomic mass is 32.2. The maximum atomic E-state index is 11.9. The summed E-state index contributed by atoms with van der Waals surface area (Å²) in [6, 6.07) is 3.66. The molecule has 0 aliphatic carbocycles. The van der Waals surface area contributed by atoms with Crippen LogP contribution in [0.4, 0.5) is 13.2 Å². The minimum absolute atomic E-state index is 0.436. The minimum Gasteiger partial charge on any atom is -0.406 e. The molecular formula is C8H7F3O5S. The highest BCUT2D eigenvalue weighted by Crippen LogP contribution is 2.26. The van der Waals surface area contributed by atoms with Gasteiger partial charge in [-0.15, -0.1) is 13.2 Å². The summed E-state index contributed by atoms with van der Waals surface area (Å²) >= 11 is 0. The van der Waals surface area contributed by atoms with Crippen LogP contribution in [0.15, 0.2) is 24.3 Å². The number of aliphatic hydroxyl groups is 1. The Kier molecular flexibility index (Phi) is 3.65. The Balaban J connectivity index is 3.02. The van der Waals surface area contributed by atoms with Crippen molar-refractivity contribution in [2.75, 3.05) is 0 Å². The van der Waals surface area contributed by atoms with Gasteiger partial charge in [-0.1, -0.05) is 12.1 Å². The average Bonchev–Trinajstić information content (AvgIpc) is 2.12. The average molecular weight is 272 g/mol. The van der Waals surface area contributed by atoms with E-state index in [0.29, 0.717) is 6.07 Å². The second-order valence-corrected chi connectivity index (χ2v) is 4.46. The third kappa shape index (κ3) is 4.21. The lowest BCUT2D eigenvalue weighted by Gasteiger charge is -2.11. The number of halogens is 3. The Morgan fingerprint density at radius 1 is 1.29 bits per heavy atom. The van der Waals surface area contributed by atoms with E-state index in [1.807, 2.05) is 0 Å². The van der Waals surface area contributed by atoms with Gasteiger partial charge in [0, 0.05) is 5.56 Å². The zero-order chi connectivity index (χ0) is 13.3. The Labute approximate surface area is 94.2 Å². The Hall–Kier alpha value is -1.32. The molecule has 0 bridgehead atoms. The van der Waals surface area contributed by atoms with Gasteiger partial charge in [0.2, 0.25) is 5.44 Å². The predicted molar refractivity (Wildman–Crippen MR) is 49.6 cm³/mol. The van der Waals surface area contributed by atoms with Crippen molar-refractivity contribution in [1.29, 1.82) is 0 Å². The summed E-state index contributed by atoms with van der Waals surface area (Å²) in [7, 11) is -4.80. The number of alkyl halides is 3. The number of hydrogen-bond donors (Lipinski definition) is 2. The van der Waals surface area contributed by atoms with E-state index in [-0.39, 0.29) is 0 Å². The normalized spacial score (nSPS) is 14.4. The first-order valence-corrected chi connectivity index (χ1v) is 5.60. The molecular weight excluding hydrogens is 265 g/mol. The molecule has 1 aromatic carbocycles. The van der Waals surface area contributed by atoms with Crippen LogP contribution in [-0.4, -0.2) is 24.4 Å². The smallest absolute Gasteiger partial charge is 0.406 e. The van der Waals surface area contributed by atoms with E-state index < -0.39 is 33.2 Å². The van der Waals surface area contributed by atoms with Crippen molar-refractivity contribution in [2.24, 2.45) is 0 Å². The van der Waals surface area contributed by atoms with Crippen molar-refractivity contribution in [2.45, 2.75) is 11.8 Å². The number of benzene rings is 1. The summed E-state index contributed by atoms with van der Waals surface area (Å²) < 4.78 is 68.7. The zero-order valence-electron chi connectivity index (χ0n) is 8.05. The Morgan fingerprint density at radius 2 is 1.88 bits per heavy atom. The summed E-state index contributed by atoms with van der Waals surface area (Å²) in [5.74, 6) is -0.697. The number of rotatable bonds is 3. The Morgan fingerprint density at radius 3 is 2.35 bits per heavy atom. The van der Waals surface area contributed by atoms with Gasteiger partial charge in [-0.2, -0.15) is 8.42 Å². The van der Waals surface area contributed by atoms with Crippen molar-refractivity contribution in [3.63, 3.8) is 0 Å². The molecule has 0 saturated carbocycles. The molecule has 0 fully saturated rings. The fourth-order valence-corrected chi connectivity index (χ4v) is 1.53. The van der Waals surface area contributed by atoms with E-state index in [1.54, 1.807) is 0 Å². The molecule has 0 aliphatic rings. The third-order valence-electron chi connectivity index (χ3n) is 1.66. The standard InChI is InChI=1S/C8H7F3O5S/c9-8(10,11)16-6-3-1-2-5(4-6)7(12)17(13,14)15/h1-4,7,12H,(H,13,14,15). The monoisotopic (exact) mass is 272 g/mol. The van der Waals surface area contributed by atoms with Crippen LogP contribution in [0.3, 0.4) is 0 Å². The van der Waals surface area contributed by atoms with Crippen LogP contribution in [0, 0.1) is 0 Å². The number of aliphatic hydroxyl groups excluding tert-OH is 1. The summed E-state index contributed by atoms with van der Waals surface area (Å²) in [5.41, 5.74) is -2.76. The zero-order valence-corrected chi connectivity index (χ0v) is 8.86. The highest BCUT2D eigenvalue weighted by Gasteiger charge is 2.31. The van der Waals surface area contributed by atoms with Crippen molar-refractivity contribution >= 4 is 10.1 Å². The van der Waals surface area contributed by atoms with Gasteiger partial charge in [0.1, 0.15) is 5.75 Å². The largest absolute Gasteiger partial charge is 0.573 e. The third-order valence-corrected chi connectivity index (χ3v) is 2.50. The number of ether oxygens (including phenoxy) is 1. The molecule has 0 aromatic heterocycles. The summed E-state index contributed by atoms with van der Waals surface area (Å²) in [5, 5.41) is 9.11. The molecule has 0 aliphatic heterocycles. The van der Waals surface area contributed by atoms with Crippen LogP contribution in [0.1, 0.15) is 11.0 Å². The van der Waals surface area contributed by atoms with E-state index in [4.69, 9.17) is 9.66 Å². The van der Waals surface area contributed by atoms with Crippen molar-refractivity contribution in [1.82, 2.24) is 0 Å². The molecule has 0 saturated heterocycles. The molecule has 0 radical (unpaired) electrons. The van der Waals surface area contributed by atoms with Crippen LogP contribution in [-0.2, 0) is 10.1 Å². The summed E-state index contributed by atoms with van der Waals surface area (Å²) in [6.45, 7) is 0. The van der Waals surface area contributed by atoms with Crippen molar-refractivity contribution in [3.8, 4) is 5.75 Å². The molecule has 1 rings (SSSR count). The Bertz CT molecular complexity index is 496. The maximum absolute atomic E-state index is 11.9. The van der Waals surface area contributed by atoms with Crippen LogP contribution in [0.25, 0.3) is 0 Å². The van der Waals surface area contributed by atoms with Gasteiger partial charge in [0.05, 0.1) is 0 Å². The molecule has 96 valence electrons. The van der Waals surface area contributed by atoms with Crippen molar-refractivity contribution in [3.05, 3.63) is 29.8 Å². The first kappa shape index (κ1) is 13.7. The predicted octanol–water partition coefficient (Wildman–Crippen LogP) is 1.46. The van der Waals surface area contributed by atoms with Gasteiger partial charge in [-0.05, 0) is 12.1 Å². The van der Waals surface area contributed by atoms with Gasteiger partial charge in [0.25, 0.3) is 10.1 Å². The van der Waals surface area contributed by atoms with Gasteiger partial charge >= 0.3 is 6.36 Å². The second-order valence-electron chi connectivity index (χ2n) is 2.99. The van der Waals surface area contributed by atoms with Crippen LogP contribution < -0.4 is 4.74 Å². The SMILES string of the molecule is O=S(=O)(O)C(O)c1cccc(OC(F)(F)F)c1. The molecule has 17 heavy (non-hydrogen) atoms. The second kappa shape index (κ2) is 4.51. The lowest BCUT2D eigenvalue weighted by molar-refractivity contribution is -0.274. The van der Waals surface area contributed by atoms with Gasteiger partial charge < -0.3 is 9.84 Å². The molecule has 1 aromatic rings. The van der Waals surface area contributed by atoms with Gasteiger partial charge in [0.15, 0.2) is 0 Å². The fourth-order valence-electron chi connectivity index (χ4n) is 1.04. The lowest BCUT2D eigenvalue weighted by atomic mass is 10.2. The fraction of sp³-hybridized carbons (Fsp3) is 0.250. The lowest BCUT2D eigenvalue weighted by Crippen LogP contribution is -2.17. The quantitative estimate of drug-likeness (QED) is 0.814. The molecule has 0 heterocycles. The molecule has 0 amide bonds. The number of hydrogen-bond acceptors (Lipinski definition) is 4. The topological polar surface area (TPSA) is 83.8 Å². The highest BCUT2D eigenvalue weighted by molar-refractivity contribution is 7.85. The van der Waals surface area contributed by atoms with E-state index in [0.717, 1.165) is 18.2 Å². The molecule has 0 spiro atoms. The van der Waals surface area contributed by atoms with Gasteiger partial charge in [-0.3, -0.25) is 4.55 Å². The molecule has 9 heteroatoms. The minimum atomic E-state index is -4.93. The van der Waals surface area contributed by atoms with Crippen LogP contribution >= 0.6 is 0 Å². The van der Waals surface area contributed by atoms with Crippen LogP contribution in [0.5, 0.6) is 5.75 Å². The van der Waals surface area contributed by atoms with Crippen LogP contribution in [0.2, 0.25) is 0 Å². The first-order valence-electron chi connectivity index (χ1n) is 4.10. The molecule has 1 unspecified atom stereocenters. The summed E-state index contributed by atoms with van der Waals surface area (Å²) in [6.07, 6.45) is -4.93.